The monoisotopic (exact) mass is 497 g/mol. The van der Waals surface area contributed by atoms with Crippen LogP contribution in [0.4, 0.5) is 5.69 Å². The fraction of sp³-hybridized carbons (Fsp3) is 0.636. The van der Waals surface area contributed by atoms with Gasteiger partial charge in [0.05, 0.1) is 11.5 Å². The van der Waals surface area contributed by atoms with Crippen LogP contribution in [0.25, 0.3) is 0 Å². The van der Waals surface area contributed by atoms with Crippen molar-refractivity contribution in [1.82, 2.24) is 10.2 Å². The number of aliphatic hydroxyl groups is 4. The molecule has 2 heterocycles. The molecule has 0 radical (unpaired) electrons. The maximum atomic E-state index is 13.2. The highest BCUT2D eigenvalue weighted by molar-refractivity contribution is 5.99. The van der Waals surface area contributed by atoms with Crippen LogP contribution in [-0.4, -0.2) is 98.5 Å². The minimum absolute atomic E-state index is 0.0335. The summed E-state index contributed by atoms with van der Waals surface area (Å²) in [7, 11) is 0. The van der Waals surface area contributed by atoms with Crippen molar-refractivity contribution in [3.05, 3.63) is 33.9 Å². The maximum absolute atomic E-state index is 13.2. The second-order valence-corrected chi connectivity index (χ2v) is 9.00. The highest BCUT2D eigenvalue weighted by Crippen LogP contribution is 2.30. The lowest BCUT2D eigenvalue weighted by molar-refractivity contribution is -0.385. The normalized spacial score (nSPS) is 28.7. The molecule has 0 spiro atoms. The van der Waals surface area contributed by atoms with E-state index >= 15 is 0 Å². The van der Waals surface area contributed by atoms with Crippen molar-refractivity contribution in [2.24, 2.45) is 5.92 Å². The van der Waals surface area contributed by atoms with Gasteiger partial charge in [0.1, 0.15) is 35.7 Å². The van der Waals surface area contributed by atoms with Crippen LogP contribution >= 0.6 is 0 Å². The fourth-order valence-corrected chi connectivity index (χ4v) is 4.46. The van der Waals surface area contributed by atoms with Crippen LogP contribution in [-0.2, 0) is 9.53 Å². The summed E-state index contributed by atoms with van der Waals surface area (Å²) in [6.45, 7) is 3.20. The first-order valence-corrected chi connectivity index (χ1v) is 11.4. The molecule has 2 saturated heterocycles. The summed E-state index contributed by atoms with van der Waals surface area (Å²) in [4.78, 5) is 38.0. The number of rotatable bonds is 8. The Morgan fingerprint density at radius 1 is 1.29 bits per heavy atom. The number of nitrogens with zero attached hydrogens (tertiary/aromatic N) is 2. The molecule has 194 valence electrons. The molecule has 2 aliphatic rings. The van der Waals surface area contributed by atoms with Crippen LogP contribution in [0.15, 0.2) is 18.2 Å². The number of likely N-dealkylation sites (tertiary alicyclic amines) is 1. The zero-order valence-electron chi connectivity index (χ0n) is 19.4. The number of hydrogen-bond donors (Lipinski definition) is 5. The topological polar surface area (TPSA) is 192 Å². The number of nitro benzene ring substituents is 1. The molecule has 6 atom stereocenters. The van der Waals surface area contributed by atoms with E-state index in [9.17, 15) is 35.0 Å². The number of carbonyl (C=O) groups excluding carboxylic acids is 2. The molecular weight excluding hydrogens is 466 g/mol. The van der Waals surface area contributed by atoms with E-state index in [0.717, 1.165) is 18.9 Å². The number of ether oxygens (including phenoxy) is 2. The van der Waals surface area contributed by atoms with E-state index in [1.165, 1.54) is 12.1 Å². The predicted molar refractivity (Wildman–Crippen MR) is 119 cm³/mol. The molecule has 3 rings (SSSR count). The van der Waals surface area contributed by atoms with E-state index < -0.39 is 60.6 Å². The lowest BCUT2D eigenvalue weighted by atomic mass is 9.97. The maximum Gasteiger partial charge on any atom is 0.282 e. The van der Waals surface area contributed by atoms with Gasteiger partial charge in [-0.15, -0.1) is 0 Å². The third kappa shape index (κ3) is 5.87. The van der Waals surface area contributed by atoms with Crippen molar-refractivity contribution in [3.63, 3.8) is 0 Å². The van der Waals surface area contributed by atoms with Crippen molar-refractivity contribution >= 4 is 17.5 Å². The van der Waals surface area contributed by atoms with Crippen LogP contribution in [0.5, 0.6) is 5.75 Å². The van der Waals surface area contributed by atoms with Crippen molar-refractivity contribution in [1.29, 1.82) is 0 Å². The second kappa shape index (κ2) is 11.3. The van der Waals surface area contributed by atoms with Gasteiger partial charge in [-0.2, -0.15) is 0 Å². The van der Waals surface area contributed by atoms with E-state index in [0.29, 0.717) is 6.54 Å². The van der Waals surface area contributed by atoms with Crippen LogP contribution in [0.3, 0.4) is 0 Å². The van der Waals surface area contributed by atoms with Gasteiger partial charge in [0, 0.05) is 18.7 Å². The molecule has 5 N–H and O–H groups in total. The Labute approximate surface area is 201 Å². The first kappa shape index (κ1) is 26.8. The van der Waals surface area contributed by atoms with E-state index in [4.69, 9.17) is 14.6 Å². The molecule has 1 aromatic carbocycles. The smallest absolute Gasteiger partial charge is 0.282 e. The van der Waals surface area contributed by atoms with Gasteiger partial charge in [-0.3, -0.25) is 19.7 Å². The molecule has 0 aromatic heterocycles. The fourth-order valence-electron chi connectivity index (χ4n) is 4.46. The third-order valence-electron chi connectivity index (χ3n) is 6.32. The molecule has 0 aliphatic carbocycles. The molecule has 13 nitrogen and oxygen atoms in total. The van der Waals surface area contributed by atoms with Crippen molar-refractivity contribution in [2.75, 3.05) is 19.8 Å². The van der Waals surface area contributed by atoms with Gasteiger partial charge in [0.2, 0.25) is 0 Å². The number of hydrogen-bond acceptors (Lipinski definition) is 10. The van der Waals surface area contributed by atoms with Crippen LogP contribution in [0, 0.1) is 16.0 Å². The van der Waals surface area contributed by atoms with Gasteiger partial charge >= 0.3 is 0 Å². The Morgan fingerprint density at radius 3 is 2.63 bits per heavy atom. The average Bonchev–Trinajstić information content (AvgIpc) is 3.32. The summed E-state index contributed by atoms with van der Waals surface area (Å²) < 4.78 is 10.4. The SMILES string of the molecule is CC(C)[C@@H]1CCCN1C(=O)c1cc(OCC(=O)NC2C(O)O[C@H](CO)[C@@H](O)[C@@H]2O)ccc1[N+](=O)[O-]. The Morgan fingerprint density at radius 2 is 2.00 bits per heavy atom. The standard InChI is InChI=1S/C22H31N3O10/c1-11(2)14-4-3-7-24(14)21(30)13-8-12(5-6-15(13)25(32)33)34-10-17(27)23-18-20(29)19(28)16(9-26)35-22(18)31/h5-6,8,11,14,16,18-20,22,26,28-29,31H,3-4,7,9-10H2,1-2H3,(H,23,27)/t14-,16+,18?,19+,20+,22?/m0/s1. The van der Waals surface area contributed by atoms with E-state index in [-0.39, 0.29) is 29.0 Å². The molecule has 2 unspecified atom stereocenters. The molecule has 0 saturated carbocycles. The number of carbonyl (C=O) groups is 2. The number of nitro groups is 1. The number of amides is 2. The highest BCUT2D eigenvalue weighted by atomic mass is 16.6. The van der Waals surface area contributed by atoms with Gasteiger partial charge < -0.3 is 40.1 Å². The lowest BCUT2D eigenvalue weighted by Gasteiger charge is -2.40. The summed E-state index contributed by atoms with van der Waals surface area (Å²) in [5, 5.41) is 52.9. The molecule has 0 bridgehead atoms. The van der Waals surface area contributed by atoms with Gasteiger partial charge in [0.25, 0.3) is 17.5 Å². The molecule has 1 aromatic rings. The first-order chi connectivity index (χ1) is 16.5. The van der Waals surface area contributed by atoms with Gasteiger partial charge in [-0.1, -0.05) is 13.8 Å². The van der Waals surface area contributed by atoms with Crippen molar-refractivity contribution < 1.29 is 44.4 Å². The quantitative estimate of drug-likeness (QED) is 0.223. The second-order valence-electron chi connectivity index (χ2n) is 9.00. The first-order valence-electron chi connectivity index (χ1n) is 11.4. The van der Waals surface area contributed by atoms with Crippen LogP contribution < -0.4 is 10.1 Å². The zero-order valence-corrected chi connectivity index (χ0v) is 19.4. The number of benzene rings is 1. The van der Waals surface area contributed by atoms with E-state index in [1.54, 1.807) is 4.90 Å². The number of nitrogens with one attached hydrogen (secondary N) is 1. The number of aliphatic hydroxyl groups excluding tert-OH is 4. The molecule has 2 aliphatic heterocycles. The Hall–Kier alpha value is -2.84. The van der Waals surface area contributed by atoms with Crippen molar-refractivity contribution in [2.45, 2.75) is 63.4 Å². The zero-order chi connectivity index (χ0) is 25.9. The van der Waals surface area contributed by atoms with Crippen LogP contribution in [0.1, 0.15) is 37.0 Å². The summed E-state index contributed by atoms with van der Waals surface area (Å²) >= 11 is 0. The summed E-state index contributed by atoms with van der Waals surface area (Å²) in [5.41, 5.74) is -0.524. The van der Waals surface area contributed by atoms with E-state index in [2.05, 4.69) is 5.32 Å². The molecule has 2 amide bonds. The molecule has 13 heteroatoms. The van der Waals surface area contributed by atoms with Gasteiger partial charge in [0.15, 0.2) is 12.9 Å². The Bertz CT molecular complexity index is 942. The Kier molecular flexibility index (Phi) is 8.61. The summed E-state index contributed by atoms with van der Waals surface area (Å²) in [6.07, 6.45) is -4.45. The minimum Gasteiger partial charge on any atom is -0.484 e. The minimum atomic E-state index is -1.69. The van der Waals surface area contributed by atoms with Crippen LogP contribution in [0.2, 0.25) is 0 Å². The Balaban J connectivity index is 1.69. The predicted octanol–water partition coefficient (Wildman–Crippen LogP) is -0.850. The van der Waals surface area contributed by atoms with Gasteiger partial charge in [-0.25, -0.2) is 0 Å². The largest absolute Gasteiger partial charge is 0.484 e. The van der Waals surface area contributed by atoms with Gasteiger partial charge in [-0.05, 0) is 30.9 Å². The average molecular weight is 498 g/mol. The highest BCUT2D eigenvalue weighted by Gasteiger charge is 2.44. The summed E-state index contributed by atoms with van der Waals surface area (Å²) in [6, 6.07) is 2.19. The molecule has 2 fully saturated rings. The third-order valence-corrected chi connectivity index (χ3v) is 6.32. The molecular formula is C22H31N3O10. The lowest BCUT2D eigenvalue weighted by Crippen LogP contribution is -2.64. The summed E-state index contributed by atoms with van der Waals surface area (Å²) in [5.74, 6) is -1.06. The van der Waals surface area contributed by atoms with E-state index in [1.807, 2.05) is 13.8 Å². The molecule has 35 heavy (non-hydrogen) atoms. The van der Waals surface area contributed by atoms with Crippen molar-refractivity contribution in [3.8, 4) is 5.75 Å².